The maximum Gasteiger partial charge on any atom is 0.133 e. The van der Waals surface area contributed by atoms with Gasteiger partial charge in [-0.3, -0.25) is 0 Å². The number of methoxy groups -OCH3 is 2. The van der Waals surface area contributed by atoms with Gasteiger partial charge in [0.15, 0.2) is 0 Å². The molecule has 1 aliphatic carbocycles. The first-order valence-corrected chi connectivity index (χ1v) is 8.67. The highest BCUT2D eigenvalue weighted by molar-refractivity contribution is 9.10. The molecule has 1 aromatic carbocycles. The number of benzene rings is 1. The average molecular weight is 406 g/mol. The fourth-order valence-corrected chi connectivity index (χ4v) is 5.03. The van der Waals surface area contributed by atoms with Gasteiger partial charge in [-0.05, 0) is 52.2 Å². The highest BCUT2D eigenvalue weighted by atomic mass is 79.9. The lowest BCUT2D eigenvalue weighted by Gasteiger charge is -2.32. The molecule has 0 aromatic heterocycles. The van der Waals surface area contributed by atoms with Crippen molar-refractivity contribution in [2.45, 2.75) is 37.9 Å². The number of halogens is 2. The summed E-state index contributed by atoms with van der Waals surface area (Å²) in [6, 6.07) is 4.07. The van der Waals surface area contributed by atoms with Crippen LogP contribution < -0.4 is 9.47 Å². The molecule has 0 aliphatic heterocycles. The molecule has 0 spiro atoms. The monoisotopic (exact) mass is 404 g/mol. The van der Waals surface area contributed by atoms with E-state index in [0.717, 1.165) is 16.0 Å². The number of rotatable bonds is 4. The number of hydrogen-bond acceptors (Lipinski definition) is 2. The van der Waals surface area contributed by atoms with Gasteiger partial charge in [0, 0.05) is 10.4 Å². The first-order valence-electron chi connectivity index (χ1n) is 6.96. The van der Waals surface area contributed by atoms with E-state index in [0.29, 0.717) is 11.3 Å². The fraction of sp³-hybridized carbons (Fsp3) is 0.625. The Labute approximate surface area is 138 Å². The SMILES string of the molecule is COc1cc(C(Br)C2CCCC2(C)C)c(OC)cc1Br. The minimum absolute atomic E-state index is 0.289. The van der Waals surface area contributed by atoms with E-state index in [9.17, 15) is 0 Å². The van der Waals surface area contributed by atoms with Gasteiger partial charge in [0.2, 0.25) is 0 Å². The third-order valence-corrected chi connectivity index (χ3v) is 6.25. The first-order chi connectivity index (χ1) is 9.40. The molecule has 1 aliphatic rings. The van der Waals surface area contributed by atoms with E-state index in [2.05, 4.69) is 51.8 Å². The Kier molecular flexibility index (Phi) is 5.06. The molecule has 2 unspecified atom stereocenters. The number of alkyl halides is 1. The molecule has 1 fully saturated rings. The van der Waals surface area contributed by atoms with E-state index >= 15 is 0 Å². The van der Waals surface area contributed by atoms with Crippen LogP contribution in [0.2, 0.25) is 0 Å². The van der Waals surface area contributed by atoms with Gasteiger partial charge in [0.25, 0.3) is 0 Å². The van der Waals surface area contributed by atoms with Gasteiger partial charge in [0.1, 0.15) is 11.5 Å². The summed E-state index contributed by atoms with van der Waals surface area (Å²) >= 11 is 7.43. The second kappa shape index (κ2) is 6.27. The topological polar surface area (TPSA) is 18.5 Å². The van der Waals surface area contributed by atoms with Crippen molar-refractivity contribution in [3.05, 3.63) is 22.2 Å². The second-order valence-corrected chi connectivity index (χ2v) is 7.96. The summed E-state index contributed by atoms with van der Waals surface area (Å²) in [6.45, 7) is 4.73. The van der Waals surface area contributed by atoms with Crippen LogP contribution in [0.3, 0.4) is 0 Å². The molecule has 20 heavy (non-hydrogen) atoms. The largest absolute Gasteiger partial charge is 0.496 e. The van der Waals surface area contributed by atoms with Crippen LogP contribution in [0.4, 0.5) is 0 Å². The zero-order chi connectivity index (χ0) is 14.9. The lowest BCUT2D eigenvalue weighted by Crippen LogP contribution is -2.21. The highest BCUT2D eigenvalue weighted by Gasteiger charge is 2.40. The summed E-state index contributed by atoms with van der Waals surface area (Å²) in [4.78, 5) is 0.289. The van der Waals surface area contributed by atoms with Crippen molar-refractivity contribution < 1.29 is 9.47 Å². The van der Waals surface area contributed by atoms with E-state index in [1.54, 1.807) is 14.2 Å². The Morgan fingerprint density at radius 3 is 2.35 bits per heavy atom. The predicted molar refractivity (Wildman–Crippen MR) is 90.0 cm³/mol. The van der Waals surface area contributed by atoms with Crippen molar-refractivity contribution in [2.75, 3.05) is 14.2 Å². The third kappa shape index (κ3) is 3.01. The fourth-order valence-electron chi connectivity index (χ4n) is 3.21. The maximum absolute atomic E-state index is 5.56. The van der Waals surface area contributed by atoms with Gasteiger partial charge in [-0.1, -0.05) is 36.2 Å². The molecule has 4 heteroatoms. The van der Waals surface area contributed by atoms with E-state index in [-0.39, 0.29) is 4.83 Å². The minimum Gasteiger partial charge on any atom is -0.496 e. The van der Waals surface area contributed by atoms with E-state index in [4.69, 9.17) is 9.47 Å². The molecule has 0 saturated heterocycles. The first kappa shape index (κ1) is 16.2. The van der Waals surface area contributed by atoms with Crippen LogP contribution in [0.1, 0.15) is 43.5 Å². The predicted octanol–water partition coefficient (Wildman–Crippen LogP) is 5.73. The lowest BCUT2D eigenvalue weighted by atomic mass is 9.78. The molecule has 0 N–H and O–H groups in total. The molecule has 0 amide bonds. The van der Waals surface area contributed by atoms with Gasteiger partial charge >= 0.3 is 0 Å². The van der Waals surface area contributed by atoms with Crippen molar-refractivity contribution in [3.8, 4) is 11.5 Å². The summed E-state index contributed by atoms with van der Waals surface area (Å²) in [7, 11) is 3.41. The molecular formula is C16H22Br2O2. The summed E-state index contributed by atoms with van der Waals surface area (Å²) in [5, 5.41) is 0. The normalized spacial score (nSPS) is 22.6. The highest BCUT2D eigenvalue weighted by Crippen LogP contribution is 2.54. The molecule has 1 saturated carbocycles. The Hall–Kier alpha value is -0.220. The van der Waals surface area contributed by atoms with Gasteiger partial charge in [0.05, 0.1) is 18.7 Å². The van der Waals surface area contributed by atoms with Crippen LogP contribution in [0, 0.1) is 11.3 Å². The Balaban J connectivity index is 2.40. The van der Waals surface area contributed by atoms with Crippen molar-refractivity contribution >= 4 is 31.9 Å². The van der Waals surface area contributed by atoms with Gasteiger partial charge in [-0.2, -0.15) is 0 Å². The van der Waals surface area contributed by atoms with Crippen molar-refractivity contribution in [3.63, 3.8) is 0 Å². The van der Waals surface area contributed by atoms with Gasteiger partial charge in [-0.15, -0.1) is 0 Å². The second-order valence-electron chi connectivity index (χ2n) is 6.12. The Morgan fingerprint density at radius 2 is 1.85 bits per heavy atom. The summed E-state index contributed by atoms with van der Waals surface area (Å²) in [5.74, 6) is 2.37. The molecule has 2 rings (SSSR count). The molecule has 112 valence electrons. The average Bonchev–Trinajstić information content (AvgIpc) is 2.77. The smallest absolute Gasteiger partial charge is 0.133 e. The maximum atomic E-state index is 5.56. The van der Waals surface area contributed by atoms with E-state index in [1.807, 2.05) is 6.07 Å². The molecule has 0 bridgehead atoms. The van der Waals surface area contributed by atoms with Crippen molar-refractivity contribution in [2.24, 2.45) is 11.3 Å². The van der Waals surface area contributed by atoms with Crippen molar-refractivity contribution in [1.29, 1.82) is 0 Å². The zero-order valence-electron chi connectivity index (χ0n) is 12.5. The quantitative estimate of drug-likeness (QED) is 0.595. The number of ether oxygens (including phenoxy) is 2. The van der Waals surface area contributed by atoms with Gasteiger partial charge < -0.3 is 9.47 Å². The number of hydrogen-bond donors (Lipinski definition) is 0. The minimum atomic E-state index is 0.289. The zero-order valence-corrected chi connectivity index (χ0v) is 15.7. The van der Waals surface area contributed by atoms with Crippen LogP contribution in [-0.4, -0.2) is 14.2 Å². The summed E-state index contributed by atoms with van der Waals surface area (Å²) in [5.41, 5.74) is 1.53. The summed E-state index contributed by atoms with van der Waals surface area (Å²) in [6.07, 6.45) is 3.84. The third-order valence-electron chi connectivity index (χ3n) is 4.49. The molecule has 0 radical (unpaired) electrons. The molecule has 1 aromatic rings. The Bertz CT molecular complexity index is 486. The molecular weight excluding hydrogens is 384 g/mol. The van der Waals surface area contributed by atoms with Gasteiger partial charge in [-0.25, -0.2) is 0 Å². The van der Waals surface area contributed by atoms with Crippen LogP contribution in [-0.2, 0) is 0 Å². The van der Waals surface area contributed by atoms with E-state index < -0.39 is 0 Å². The standard InChI is InChI=1S/C16H22Br2O2/c1-16(2)7-5-6-11(16)15(18)10-8-14(20-4)12(17)9-13(10)19-3/h8-9,11,15H,5-7H2,1-4H3. The van der Waals surface area contributed by atoms with Crippen LogP contribution in [0.25, 0.3) is 0 Å². The lowest BCUT2D eigenvalue weighted by molar-refractivity contribution is 0.254. The molecule has 0 heterocycles. The molecule has 2 nitrogen and oxygen atoms in total. The van der Waals surface area contributed by atoms with Crippen molar-refractivity contribution in [1.82, 2.24) is 0 Å². The van der Waals surface area contributed by atoms with E-state index in [1.165, 1.54) is 24.8 Å². The Morgan fingerprint density at radius 1 is 1.20 bits per heavy atom. The van der Waals surface area contributed by atoms with Crippen LogP contribution >= 0.6 is 31.9 Å². The molecule has 2 atom stereocenters. The van der Waals surface area contributed by atoms with Crippen LogP contribution in [0.5, 0.6) is 11.5 Å². The summed E-state index contributed by atoms with van der Waals surface area (Å²) < 4.78 is 11.9. The van der Waals surface area contributed by atoms with Crippen LogP contribution in [0.15, 0.2) is 16.6 Å².